The van der Waals surface area contributed by atoms with Crippen LogP contribution in [-0.4, -0.2) is 41.7 Å². The van der Waals surface area contributed by atoms with Crippen LogP contribution in [0.3, 0.4) is 0 Å². The largest absolute Gasteiger partial charge is 0.481 e. The van der Waals surface area contributed by atoms with E-state index in [1.165, 1.54) is 22.3 Å². The van der Waals surface area contributed by atoms with Crippen LogP contribution in [0.25, 0.3) is 24.3 Å². The van der Waals surface area contributed by atoms with E-state index >= 15 is 0 Å². The van der Waals surface area contributed by atoms with Crippen LogP contribution in [0.5, 0.6) is 0 Å². The molecule has 43 heavy (non-hydrogen) atoms. The smallest absolute Gasteiger partial charge is 0.303 e. The summed E-state index contributed by atoms with van der Waals surface area (Å²) in [5.41, 5.74) is 12.9. The fourth-order valence-corrected chi connectivity index (χ4v) is 6.73. The molecule has 1 aliphatic rings. The molecular formula is C35H42N4O4. The maximum atomic E-state index is 11.6. The number of aromatic nitrogens is 4. The van der Waals surface area contributed by atoms with Crippen LogP contribution in [0, 0.1) is 27.7 Å². The van der Waals surface area contributed by atoms with Gasteiger partial charge in [-0.25, -0.2) is 0 Å². The van der Waals surface area contributed by atoms with E-state index in [0.717, 1.165) is 79.3 Å². The lowest BCUT2D eigenvalue weighted by Crippen LogP contribution is -2.15. The molecule has 8 nitrogen and oxygen atoms in total. The van der Waals surface area contributed by atoms with Crippen molar-refractivity contribution in [3.8, 4) is 0 Å². The van der Waals surface area contributed by atoms with Crippen LogP contribution in [0.2, 0.25) is 0 Å². The van der Waals surface area contributed by atoms with Crippen LogP contribution in [0.15, 0.2) is 0 Å². The second-order valence-corrected chi connectivity index (χ2v) is 11.7. The summed E-state index contributed by atoms with van der Waals surface area (Å²) in [4.78, 5) is 34.1. The van der Waals surface area contributed by atoms with Crippen molar-refractivity contribution in [1.29, 1.82) is 0 Å². The zero-order chi connectivity index (χ0) is 31.2. The van der Waals surface area contributed by atoms with Crippen molar-refractivity contribution in [2.75, 3.05) is 0 Å². The number of H-pyrrole nitrogens is 3. The molecule has 0 saturated carbocycles. The van der Waals surface area contributed by atoms with Gasteiger partial charge >= 0.3 is 11.9 Å². The monoisotopic (exact) mass is 582 g/mol. The molecule has 4 aromatic heterocycles. The van der Waals surface area contributed by atoms with Gasteiger partial charge in [-0.3, -0.25) is 9.59 Å². The first-order valence-electron chi connectivity index (χ1n) is 15.1. The number of fused-ring (bicyclic) bond motifs is 8. The molecule has 1 aliphatic heterocycles. The number of nitrogens with zero attached hydrogens (tertiary/aromatic N) is 1. The van der Waals surface area contributed by atoms with Crippen LogP contribution in [0.4, 0.5) is 0 Å². The van der Waals surface area contributed by atoms with Crippen LogP contribution < -0.4 is 21.4 Å². The molecule has 0 aliphatic carbocycles. The molecule has 0 saturated heterocycles. The predicted molar refractivity (Wildman–Crippen MR) is 170 cm³/mol. The lowest BCUT2D eigenvalue weighted by Gasteiger charge is -2.03. The van der Waals surface area contributed by atoms with Crippen molar-refractivity contribution in [2.24, 2.45) is 7.05 Å². The number of aliphatic carboxylic acids is 2. The van der Waals surface area contributed by atoms with Crippen molar-refractivity contribution in [2.45, 2.75) is 80.1 Å². The minimum Gasteiger partial charge on any atom is -0.481 e. The summed E-state index contributed by atoms with van der Waals surface area (Å²) < 4.78 is 2.25. The first kappa shape index (κ1) is 30.0. The van der Waals surface area contributed by atoms with Crippen molar-refractivity contribution in [1.82, 2.24) is 19.5 Å². The van der Waals surface area contributed by atoms with Crippen molar-refractivity contribution >= 4 is 36.2 Å². The standard InChI is InChI=1S/C35H42N4O4/c1-8-22-18(3)26-14-27-19(4)24(10-12-34(40)41)29(36-27)15-30-25(11-13-35(42)43)20(5)28(38-30)16-33-23(9-2)21(6)32(39(33)7)17-31(22)37-26/h14-17,36-38H,8-13H2,1-7H3,(H,40,41)(H,42,43)/b26-14-,27-14?,28-16-,29-15?,30-15-,31-17-,32-17?,33-16?. The Hall–Kier alpha value is -4.46. The third-order valence-electron chi connectivity index (χ3n) is 9.25. The Morgan fingerprint density at radius 1 is 0.605 bits per heavy atom. The molecule has 5 N–H and O–H groups in total. The number of carboxylic acids is 2. The molecule has 0 spiro atoms. The molecule has 0 radical (unpaired) electrons. The van der Waals surface area contributed by atoms with Gasteiger partial charge in [0.2, 0.25) is 0 Å². The summed E-state index contributed by atoms with van der Waals surface area (Å²) in [6.07, 6.45) is 11.2. The predicted octanol–water partition coefficient (Wildman–Crippen LogP) is 3.03. The number of nitrogens with one attached hydrogen (secondary N) is 3. The van der Waals surface area contributed by atoms with Gasteiger partial charge in [0.1, 0.15) is 0 Å². The number of carbonyl (C=O) groups is 2. The molecule has 5 heterocycles. The lowest BCUT2D eigenvalue weighted by molar-refractivity contribution is -0.138. The average Bonchev–Trinajstić information content (AvgIpc) is 3.59. The molecule has 0 unspecified atom stereocenters. The van der Waals surface area contributed by atoms with Gasteiger partial charge in [-0.05, 0) is 122 Å². The normalized spacial score (nSPS) is 15.5. The second kappa shape index (κ2) is 11.7. The second-order valence-electron chi connectivity index (χ2n) is 11.7. The van der Waals surface area contributed by atoms with Crippen LogP contribution in [-0.2, 0) is 42.3 Å². The number of carboxylic acid groups (broad SMARTS) is 2. The number of hydrogen-bond donors (Lipinski definition) is 5. The van der Waals surface area contributed by atoms with E-state index in [4.69, 9.17) is 0 Å². The summed E-state index contributed by atoms with van der Waals surface area (Å²) in [5, 5.41) is 22.9. The maximum absolute atomic E-state index is 11.6. The Morgan fingerprint density at radius 3 is 1.72 bits per heavy atom. The Balaban J connectivity index is 1.94. The zero-order valence-electron chi connectivity index (χ0n) is 26.2. The molecule has 226 valence electrons. The quantitative estimate of drug-likeness (QED) is 0.193. The Kier molecular flexibility index (Phi) is 8.14. The van der Waals surface area contributed by atoms with Gasteiger partial charge in [-0.15, -0.1) is 0 Å². The van der Waals surface area contributed by atoms with Gasteiger partial charge in [0, 0.05) is 64.1 Å². The van der Waals surface area contributed by atoms with Gasteiger partial charge in [0.25, 0.3) is 0 Å². The highest BCUT2D eigenvalue weighted by Gasteiger charge is 2.18. The van der Waals surface area contributed by atoms with E-state index in [2.05, 4.69) is 72.5 Å². The number of rotatable bonds is 8. The van der Waals surface area contributed by atoms with E-state index < -0.39 is 11.9 Å². The number of hydrogen-bond acceptors (Lipinski definition) is 2. The van der Waals surface area contributed by atoms with Gasteiger partial charge in [-0.2, -0.15) is 0 Å². The Morgan fingerprint density at radius 2 is 1.12 bits per heavy atom. The van der Waals surface area contributed by atoms with Crippen LogP contribution in [0.1, 0.15) is 94.0 Å². The van der Waals surface area contributed by atoms with Crippen molar-refractivity contribution < 1.29 is 19.8 Å². The van der Waals surface area contributed by atoms with Crippen molar-refractivity contribution in [3.05, 3.63) is 88.7 Å². The minimum absolute atomic E-state index is 0.0169. The molecule has 0 atom stereocenters. The molecular weight excluding hydrogens is 540 g/mol. The molecule has 0 amide bonds. The summed E-state index contributed by atoms with van der Waals surface area (Å²) in [6.45, 7) is 12.8. The third kappa shape index (κ3) is 5.42. The fraction of sp³-hybridized carbons (Fsp3) is 0.371. The molecule has 0 fully saturated rings. The van der Waals surface area contributed by atoms with E-state index in [-0.39, 0.29) is 12.8 Å². The minimum atomic E-state index is -0.845. The van der Waals surface area contributed by atoms with Crippen LogP contribution >= 0.6 is 0 Å². The molecule has 0 aromatic carbocycles. The van der Waals surface area contributed by atoms with Gasteiger partial charge < -0.3 is 29.7 Å². The topological polar surface area (TPSA) is 127 Å². The van der Waals surface area contributed by atoms with E-state index in [0.29, 0.717) is 12.8 Å². The highest BCUT2D eigenvalue weighted by Crippen LogP contribution is 2.25. The SMILES string of the molecule is CCc1c(C)c2n(C)c1/C=c1\[nH]/c(c(CCC(=O)O)c1C)=C\c1[nH]c(c(C)c1CCC(=O)O)/C=c1\[nH]/c(c(CC)c1C)=C\2. The lowest BCUT2D eigenvalue weighted by atomic mass is 10.0. The molecule has 5 rings (SSSR count). The third-order valence-corrected chi connectivity index (χ3v) is 9.25. The maximum Gasteiger partial charge on any atom is 0.303 e. The summed E-state index contributed by atoms with van der Waals surface area (Å²) in [5.74, 6) is -1.69. The first-order valence-corrected chi connectivity index (χ1v) is 15.1. The number of aromatic amines is 3. The molecule has 8 heteroatoms. The Bertz CT molecular complexity index is 2010. The van der Waals surface area contributed by atoms with E-state index in [9.17, 15) is 19.8 Å². The van der Waals surface area contributed by atoms with Gasteiger partial charge in [-0.1, -0.05) is 13.8 Å². The average molecular weight is 583 g/mol. The van der Waals surface area contributed by atoms with E-state index in [1.807, 2.05) is 19.9 Å². The highest BCUT2D eigenvalue weighted by molar-refractivity contribution is 5.70. The zero-order valence-corrected chi connectivity index (χ0v) is 26.2. The van der Waals surface area contributed by atoms with E-state index in [1.54, 1.807) is 0 Å². The van der Waals surface area contributed by atoms with Gasteiger partial charge in [0.15, 0.2) is 0 Å². The fourth-order valence-electron chi connectivity index (χ4n) is 6.73. The summed E-state index contributed by atoms with van der Waals surface area (Å²) in [6, 6.07) is 0. The molecule has 8 bridgehead atoms. The van der Waals surface area contributed by atoms with Crippen molar-refractivity contribution in [3.63, 3.8) is 0 Å². The molecule has 4 aromatic rings. The van der Waals surface area contributed by atoms with Gasteiger partial charge in [0.05, 0.1) is 0 Å². The first-order chi connectivity index (χ1) is 20.4. The summed E-state index contributed by atoms with van der Waals surface area (Å²) >= 11 is 0. The summed E-state index contributed by atoms with van der Waals surface area (Å²) in [7, 11) is 2.11. The highest BCUT2D eigenvalue weighted by atomic mass is 16.4. The Labute approximate surface area is 251 Å².